The number of nitro groups is 1. The SMILES string of the molecule is Cc1c(C=CC#N)cccc1-c1ccccc1[N+](=O)[O-]. The van der Waals surface area contributed by atoms with E-state index in [9.17, 15) is 10.1 Å². The van der Waals surface area contributed by atoms with Crippen molar-refractivity contribution >= 4 is 11.8 Å². The van der Waals surface area contributed by atoms with Crippen molar-refractivity contribution in [3.8, 4) is 17.2 Å². The predicted octanol–water partition coefficient (Wildman–Crippen LogP) is 4.11. The third kappa shape index (κ3) is 2.57. The molecule has 2 aromatic rings. The largest absolute Gasteiger partial charge is 0.277 e. The molecule has 0 fully saturated rings. The molecule has 0 aliphatic heterocycles. The topological polar surface area (TPSA) is 66.9 Å². The molecule has 98 valence electrons. The second-order valence-electron chi connectivity index (χ2n) is 4.26. The van der Waals surface area contributed by atoms with Crippen LogP contribution in [-0.2, 0) is 0 Å². The van der Waals surface area contributed by atoms with Gasteiger partial charge in [0.1, 0.15) is 0 Å². The van der Waals surface area contributed by atoms with Crippen LogP contribution in [0.3, 0.4) is 0 Å². The summed E-state index contributed by atoms with van der Waals surface area (Å²) in [5.41, 5.74) is 3.26. The summed E-state index contributed by atoms with van der Waals surface area (Å²) >= 11 is 0. The van der Waals surface area contributed by atoms with Crippen LogP contribution in [0.1, 0.15) is 11.1 Å². The van der Waals surface area contributed by atoms with Crippen molar-refractivity contribution in [3.05, 3.63) is 69.8 Å². The average Bonchev–Trinajstić information content (AvgIpc) is 2.46. The van der Waals surface area contributed by atoms with Crippen LogP contribution in [0.15, 0.2) is 48.5 Å². The highest BCUT2D eigenvalue weighted by Crippen LogP contribution is 2.33. The number of rotatable bonds is 3. The number of hydrogen-bond acceptors (Lipinski definition) is 3. The quantitative estimate of drug-likeness (QED) is 0.476. The van der Waals surface area contributed by atoms with Crippen LogP contribution >= 0.6 is 0 Å². The molecule has 0 spiro atoms. The maximum Gasteiger partial charge on any atom is 0.277 e. The van der Waals surface area contributed by atoms with Crippen LogP contribution in [0, 0.1) is 28.4 Å². The van der Waals surface area contributed by atoms with Crippen molar-refractivity contribution in [2.45, 2.75) is 6.92 Å². The fourth-order valence-corrected chi connectivity index (χ4v) is 2.11. The second kappa shape index (κ2) is 5.81. The van der Waals surface area contributed by atoms with Crippen molar-refractivity contribution in [2.24, 2.45) is 0 Å². The van der Waals surface area contributed by atoms with Gasteiger partial charge in [0, 0.05) is 12.1 Å². The zero-order valence-electron chi connectivity index (χ0n) is 10.9. The van der Waals surface area contributed by atoms with Crippen LogP contribution in [0.2, 0.25) is 0 Å². The highest BCUT2D eigenvalue weighted by molar-refractivity contribution is 5.78. The number of nitro benzene ring substituents is 1. The average molecular weight is 264 g/mol. The summed E-state index contributed by atoms with van der Waals surface area (Å²) in [5.74, 6) is 0. The normalized spacial score (nSPS) is 10.4. The molecule has 0 radical (unpaired) electrons. The van der Waals surface area contributed by atoms with E-state index in [2.05, 4.69) is 0 Å². The molecule has 0 amide bonds. The Hall–Kier alpha value is -2.93. The van der Waals surface area contributed by atoms with Crippen LogP contribution < -0.4 is 0 Å². The number of allylic oxidation sites excluding steroid dienone is 1. The van der Waals surface area contributed by atoms with Gasteiger partial charge < -0.3 is 0 Å². The molecule has 0 heterocycles. The maximum atomic E-state index is 11.1. The second-order valence-corrected chi connectivity index (χ2v) is 4.26. The molecule has 0 aliphatic carbocycles. The Kier molecular flexibility index (Phi) is 3.92. The lowest BCUT2D eigenvalue weighted by Crippen LogP contribution is -1.94. The van der Waals surface area contributed by atoms with Gasteiger partial charge in [0.05, 0.1) is 16.6 Å². The van der Waals surface area contributed by atoms with Crippen molar-refractivity contribution in [2.75, 3.05) is 0 Å². The van der Waals surface area contributed by atoms with Gasteiger partial charge in [-0.2, -0.15) is 5.26 Å². The van der Waals surface area contributed by atoms with E-state index in [0.29, 0.717) is 5.56 Å². The van der Waals surface area contributed by atoms with Gasteiger partial charge in [0.2, 0.25) is 0 Å². The third-order valence-electron chi connectivity index (χ3n) is 3.10. The standard InChI is InChI=1S/C16H12N2O2/c1-12-13(7-5-11-17)6-4-9-14(12)15-8-2-3-10-16(15)18(19)20/h2-10H,1H3. The Balaban J connectivity index is 2.63. The van der Waals surface area contributed by atoms with Crippen LogP contribution in [0.25, 0.3) is 17.2 Å². The number of nitrogens with zero attached hydrogens (tertiary/aromatic N) is 2. The van der Waals surface area contributed by atoms with Crippen LogP contribution in [-0.4, -0.2) is 4.92 Å². The minimum atomic E-state index is -0.382. The highest BCUT2D eigenvalue weighted by Gasteiger charge is 2.16. The summed E-state index contributed by atoms with van der Waals surface area (Å²) in [4.78, 5) is 10.7. The number of benzene rings is 2. The fraction of sp³-hybridized carbons (Fsp3) is 0.0625. The Labute approximate surface area is 116 Å². The van der Waals surface area contributed by atoms with Crippen molar-refractivity contribution in [3.63, 3.8) is 0 Å². The first-order valence-electron chi connectivity index (χ1n) is 6.04. The zero-order chi connectivity index (χ0) is 14.5. The lowest BCUT2D eigenvalue weighted by molar-refractivity contribution is -0.384. The Bertz CT molecular complexity index is 727. The summed E-state index contributed by atoms with van der Waals surface area (Å²) in [6.07, 6.45) is 3.10. The summed E-state index contributed by atoms with van der Waals surface area (Å²) in [6, 6.07) is 14.2. The van der Waals surface area contributed by atoms with Crippen molar-refractivity contribution in [1.29, 1.82) is 5.26 Å². The maximum absolute atomic E-state index is 11.1. The van der Waals surface area contributed by atoms with Gasteiger partial charge >= 0.3 is 0 Å². The number of nitriles is 1. The molecule has 4 heteroatoms. The van der Waals surface area contributed by atoms with Gasteiger partial charge in [-0.15, -0.1) is 0 Å². The van der Waals surface area contributed by atoms with Crippen molar-refractivity contribution < 1.29 is 4.92 Å². The molecule has 0 bridgehead atoms. The molecule has 0 N–H and O–H groups in total. The predicted molar refractivity (Wildman–Crippen MR) is 77.9 cm³/mol. The van der Waals surface area contributed by atoms with E-state index in [1.54, 1.807) is 24.3 Å². The zero-order valence-corrected chi connectivity index (χ0v) is 10.9. The fourth-order valence-electron chi connectivity index (χ4n) is 2.11. The minimum absolute atomic E-state index is 0.0806. The smallest absolute Gasteiger partial charge is 0.258 e. The molecule has 0 aromatic heterocycles. The molecule has 0 aliphatic rings. The lowest BCUT2D eigenvalue weighted by Gasteiger charge is -2.09. The van der Waals surface area contributed by atoms with E-state index in [1.807, 2.05) is 31.2 Å². The van der Waals surface area contributed by atoms with E-state index in [-0.39, 0.29) is 10.6 Å². The molecule has 2 rings (SSSR count). The summed E-state index contributed by atoms with van der Waals surface area (Å²) in [7, 11) is 0. The summed E-state index contributed by atoms with van der Waals surface area (Å²) in [5, 5.41) is 19.7. The first kappa shape index (κ1) is 13.5. The molecule has 0 saturated heterocycles. The number of hydrogen-bond donors (Lipinski definition) is 0. The van der Waals surface area contributed by atoms with Gasteiger partial charge in [-0.3, -0.25) is 10.1 Å². The molecule has 2 aromatic carbocycles. The van der Waals surface area contributed by atoms with E-state index in [4.69, 9.17) is 5.26 Å². The minimum Gasteiger partial charge on any atom is -0.258 e. The Morgan fingerprint density at radius 1 is 1.15 bits per heavy atom. The number of para-hydroxylation sites is 1. The summed E-state index contributed by atoms with van der Waals surface area (Å²) < 4.78 is 0. The Morgan fingerprint density at radius 3 is 2.55 bits per heavy atom. The molecule has 20 heavy (non-hydrogen) atoms. The summed E-state index contributed by atoms with van der Waals surface area (Å²) in [6.45, 7) is 1.89. The molecular formula is C16H12N2O2. The van der Waals surface area contributed by atoms with Gasteiger partial charge in [0.25, 0.3) is 5.69 Å². The van der Waals surface area contributed by atoms with Gasteiger partial charge in [-0.25, -0.2) is 0 Å². The first-order valence-corrected chi connectivity index (χ1v) is 6.04. The van der Waals surface area contributed by atoms with Crippen LogP contribution in [0.4, 0.5) is 5.69 Å². The molecule has 0 saturated carbocycles. The lowest BCUT2D eigenvalue weighted by atomic mass is 9.95. The van der Waals surface area contributed by atoms with Gasteiger partial charge in [-0.05, 0) is 35.8 Å². The first-order chi connectivity index (χ1) is 9.65. The molecular weight excluding hydrogens is 252 g/mol. The van der Waals surface area contributed by atoms with Crippen molar-refractivity contribution in [1.82, 2.24) is 0 Å². The third-order valence-corrected chi connectivity index (χ3v) is 3.10. The van der Waals surface area contributed by atoms with E-state index >= 15 is 0 Å². The van der Waals surface area contributed by atoms with Crippen LogP contribution in [0.5, 0.6) is 0 Å². The van der Waals surface area contributed by atoms with Gasteiger partial charge in [0.15, 0.2) is 0 Å². The molecule has 0 unspecified atom stereocenters. The Morgan fingerprint density at radius 2 is 1.85 bits per heavy atom. The van der Waals surface area contributed by atoms with E-state index in [0.717, 1.165) is 16.7 Å². The monoisotopic (exact) mass is 264 g/mol. The highest BCUT2D eigenvalue weighted by atomic mass is 16.6. The van der Waals surface area contributed by atoms with E-state index in [1.165, 1.54) is 12.1 Å². The van der Waals surface area contributed by atoms with Gasteiger partial charge in [-0.1, -0.05) is 30.3 Å². The van der Waals surface area contributed by atoms with E-state index < -0.39 is 0 Å². The molecule has 0 atom stereocenters. The molecule has 4 nitrogen and oxygen atoms in total.